The molecule has 0 aromatic heterocycles. The van der Waals surface area contributed by atoms with Gasteiger partial charge in [-0.25, -0.2) is 26.3 Å². The van der Waals surface area contributed by atoms with E-state index in [0.717, 1.165) is 11.1 Å². The molecule has 0 bridgehead atoms. The van der Waals surface area contributed by atoms with Gasteiger partial charge >= 0.3 is 0 Å². The van der Waals surface area contributed by atoms with Gasteiger partial charge in [0.25, 0.3) is 0 Å². The molecule has 10 nitrogen and oxygen atoms in total. The third-order valence-corrected chi connectivity index (χ3v) is 11.6. The van der Waals surface area contributed by atoms with Crippen molar-refractivity contribution in [2.24, 2.45) is 0 Å². The van der Waals surface area contributed by atoms with Crippen molar-refractivity contribution in [2.45, 2.75) is 47.9 Å². The van der Waals surface area contributed by atoms with Crippen LogP contribution in [0, 0.1) is 13.8 Å². The summed E-state index contributed by atoms with van der Waals surface area (Å²) in [7, 11) is -4.60. The Bertz CT molecular complexity index is 1180. The normalized spacial score (nSPS) is 20.2. The maximum Gasteiger partial charge on any atom is 0.240 e. The number of nitrogens with one attached hydrogen (secondary N) is 2. The summed E-state index contributed by atoms with van der Waals surface area (Å²) in [5.41, 5.74) is 1.94. The Balaban J connectivity index is 1.32. The second kappa shape index (κ2) is 14.8. The van der Waals surface area contributed by atoms with E-state index in [-0.39, 0.29) is 35.2 Å². The lowest BCUT2D eigenvalue weighted by Gasteiger charge is -2.20. The second-order valence-corrected chi connectivity index (χ2v) is 15.8. The number of ether oxygens (including phenoxy) is 4. The number of epoxide rings is 2. The summed E-state index contributed by atoms with van der Waals surface area (Å²) in [5.74, 6) is 0.824. The Morgan fingerprint density at radius 1 is 0.725 bits per heavy atom. The highest BCUT2D eigenvalue weighted by molar-refractivity contribution is 8.76. The molecule has 4 atom stereocenters. The Kier molecular flexibility index (Phi) is 11.7. The van der Waals surface area contributed by atoms with Gasteiger partial charge in [-0.1, -0.05) is 57.0 Å². The zero-order chi connectivity index (χ0) is 28.6. The van der Waals surface area contributed by atoms with E-state index in [0.29, 0.717) is 37.9 Å². The van der Waals surface area contributed by atoms with E-state index in [1.54, 1.807) is 48.5 Å². The van der Waals surface area contributed by atoms with E-state index in [1.165, 1.54) is 21.6 Å². The first-order valence-electron chi connectivity index (χ1n) is 12.9. The summed E-state index contributed by atoms with van der Waals surface area (Å²) in [6.07, 6.45) is 0.138. The molecule has 2 saturated heterocycles. The number of benzene rings is 2. The van der Waals surface area contributed by atoms with Gasteiger partial charge in [-0.2, -0.15) is 0 Å². The largest absolute Gasteiger partial charge is 0.377 e. The van der Waals surface area contributed by atoms with Crippen molar-refractivity contribution in [1.82, 2.24) is 9.44 Å². The molecule has 222 valence electrons. The molecule has 4 rings (SSSR count). The first-order chi connectivity index (χ1) is 19.1. The highest BCUT2D eigenvalue weighted by Crippen LogP contribution is 2.25. The standard InChI is InChI=1S/C26H36N2O8S4/c1-19-3-7-25(8-4-19)39(29,30)27-21(11-33-13-23-15-35-23)17-37-38-18-22(12-34-14-24-16-36-24)28-40(31,32)26-9-5-20(2)6-10-26/h3-10,21-24,27-28H,11-18H2,1-2H3/t21?,22?,23-,24-/m1/s1. The number of sulfonamides is 2. The van der Waals surface area contributed by atoms with Crippen molar-refractivity contribution in [2.75, 3.05) is 51.1 Å². The molecule has 2 heterocycles. The molecule has 2 N–H and O–H groups in total. The predicted molar refractivity (Wildman–Crippen MR) is 157 cm³/mol. The number of hydrogen-bond donors (Lipinski definition) is 2. The van der Waals surface area contributed by atoms with Gasteiger partial charge in [0.05, 0.1) is 61.5 Å². The lowest BCUT2D eigenvalue weighted by molar-refractivity contribution is 0.106. The van der Waals surface area contributed by atoms with Gasteiger partial charge in [0, 0.05) is 11.5 Å². The van der Waals surface area contributed by atoms with Crippen molar-refractivity contribution in [3.05, 3.63) is 59.7 Å². The molecule has 40 heavy (non-hydrogen) atoms. The lowest BCUT2D eigenvalue weighted by atomic mass is 10.2. The average Bonchev–Trinajstić information content (AvgIpc) is 3.83. The minimum Gasteiger partial charge on any atom is -0.377 e. The van der Waals surface area contributed by atoms with E-state index >= 15 is 0 Å². The summed E-state index contributed by atoms with van der Waals surface area (Å²) in [4.78, 5) is 0.377. The van der Waals surface area contributed by atoms with Gasteiger partial charge in [0.2, 0.25) is 20.0 Å². The fourth-order valence-electron chi connectivity index (χ4n) is 3.51. The zero-order valence-electron chi connectivity index (χ0n) is 22.5. The Morgan fingerprint density at radius 3 is 1.40 bits per heavy atom. The van der Waals surface area contributed by atoms with Gasteiger partial charge in [-0.3, -0.25) is 0 Å². The minimum atomic E-state index is -3.74. The average molecular weight is 633 g/mol. The summed E-state index contributed by atoms with van der Waals surface area (Å²) >= 11 is 0. The van der Waals surface area contributed by atoms with Gasteiger partial charge in [-0.05, 0) is 38.1 Å². The van der Waals surface area contributed by atoms with Crippen LogP contribution in [0.25, 0.3) is 0 Å². The molecule has 2 aromatic carbocycles. The highest BCUT2D eigenvalue weighted by Gasteiger charge is 2.27. The molecule has 2 aromatic rings. The minimum absolute atomic E-state index is 0.0692. The molecular formula is C26H36N2O8S4. The molecule has 2 unspecified atom stereocenters. The Morgan fingerprint density at radius 2 is 1.07 bits per heavy atom. The van der Waals surface area contributed by atoms with Crippen molar-refractivity contribution in [3.63, 3.8) is 0 Å². The monoisotopic (exact) mass is 632 g/mol. The van der Waals surface area contributed by atoms with Gasteiger partial charge in [0.15, 0.2) is 0 Å². The molecule has 2 fully saturated rings. The van der Waals surface area contributed by atoms with Crippen molar-refractivity contribution < 1.29 is 35.8 Å². The van der Waals surface area contributed by atoms with Gasteiger partial charge < -0.3 is 18.9 Å². The van der Waals surface area contributed by atoms with Gasteiger partial charge in [-0.15, -0.1) is 0 Å². The number of rotatable bonds is 19. The molecule has 0 aliphatic carbocycles. The molecule has 0 radical (unpaired) electrons. The molecule has 2 aliphatic heterocycles. The van der Waals surface area contributed by atoms with Crippen LogP contribution in [-0.2, 0) is 39.0 Å². The summed E-state index contributed by atoms with van der Waals surface area (Å²) in [5, 5.41) is 0. The first kappa shape index (κ1) is 31.7. The summed E-state index contributed by atoms with van der Waals surface area (Å²) in [6.45, 7) is 6.29. The lowest BCUT2D eigenvalue weighted by Crippen LogP contribution is -2.41. The fraction of sp³-hybridized carbons (Fsp3) is 0.538. The van der Waals surface area contributed by atoms with E-state index < -0.39 is 32.1 Å². The van der Waals surface area contributed by atoms with E-state index in [4.69, 9.17) is 18.9 Å². The number of hydrogen-bond acceptors (Lipinski definition) is 10. The molecule has 14 heteroatoms. The fourth-order valence-corrected chi connectivity index (χ4v) is 8.61. The van der Waals surface area contributed by atoms with E-state index in [1.807, 2.05) is 13.8 Å². The number of aryl methyl sites for hydroxylation is 2. The topological polar surface area (TPSA) is 136 Å². The molecule has 0 spiro atoms. The SMILES string of the molecule is Cc1ccc(S(=O)(=O)NC(COC[C@@H]2CO2)CSSCC(COC[C@@H]2CO2)NS(=O)(=O)c2ccc(C)cc2)cc1. The zero-order valence-corrected chi connectivity index (χ0v) is 25.8. The molecule has 0 saturated carbocycles. The third-order valence-electron chi connectivity index (χ3n) is 5.98. The molecular weight excluding hydrogens is 597 g/mol. The van der Waals surface area contributed by atoms with E-state index in [9.17, 15) is 16.8 Å². The van der Waals surface area contributed by atoms with Gasteiger partial charge in [0.1, 0.15) is 12.2 Å². The summed E-state index contributed by atoms with van der Waals surface area (Å²) in [6, 6.07) is 12.3. The first-order valence-corrected chi connectivity index (χ1v) is 18.4. The Hall–Kier alpha value is -1.20. The Labute approximate surface area is 244 Å². The van der Waals surface area contributed by atoms with Crippen molar-refractivity contribution in [3.8, 4) is 0 Å². The van der Waals surface area contributed by atoms with Crippen molar-refractivity contribution in [1.29, 1.82) is 0 Å². The van der Waals surface area contributed by atoms with Crippen LogP contribution in [0.5, 0.6) is 0 Å². The van der Waals surface area contributed by atoms with Crippen LogP contribution in [-0.4, -0.2) is 92.3 Å². The summed E-state index contributed by atoms with van der Waals surface area (Å²) < 4.78 is 79.2. The van der Waals surface area contributed by atoms with Crippen molar-refractivity contribution >= 4 is 41.6 Å². The molecule has 0 amide bonds. The van der Waals surface area contributed by atoms with Crippen LogP contribution in [0.4, 0.5) is 0 Å². The second-order valence-electron chi connectivity index (χ2n) is 9.82. The van der Waals surface area contributed by atoms with Crippen LogP contribution >= 0.6 is 21.6 Å². The molecule has 2 aliphatic rings. The maximum absolute atomic E-state index is 13.0. The van der Waals surface area contributed by atoms with Crippen LogP contribution in [0.15, 0.2) is 58.3 Å². The third kappa shape index (κ3) is 10.9. The van der Waals surface area contributed by atoms with Crippen LogP contribution in [0.1, 0.15) is 11.1 Å². The van der Waals surface area contributed by atoms with Crippen LogP contribution in [0.2, 0.25) is 0 Å². The quantitative estimate of drug-likeness (QED) is 0.135. The predicted octanol–water partition coefficient (Wildman–Crippen LogP) is 2.51. The maximum atomic E-state index is 13.0. The van der Waals surface area contributed by atoms with Crippen LogP contribution in [0.3, 0.4) is 0 Å². The smallest absolute Gasteiger partial charge is 0.240 e. The van der Waals surface area contributed by atoms with E-state index in [2.05, 4.69) is 9.44 Å². The highest BCUT2D eigenvalue weighted by atomic mass is 33.1. The van der Waals surface area contributed by atoms with Crippen LogP contribution < -0.4 is 9.44 Å².